The Balaban J connectivity index is 0.000000351. The molecular weight excluding hydrogens is 1970 g/mol. The zero-order valence-corrected chi connectivity index (χ0v) is 104. The number of nitriles is 2. The molecule has 16 unspecified atom stereocenters. The summed E-state index contributed by atoms with van der Waals surface area (Å²) in [6.07, 6.45) is 12.2. The van der Waals surface area contributed by atoms with E-state index in [2.05, 4.69) is 115 Å². The normalized spacial score (nSPS) is 26.7. The van der Waals surface area contributed by atoms with Crippen molar-refractivity contribution < 1.29 is 126 Å². The van der Waals surface area contributed by atoms with Crippen LogP contribution in [0, 0.1) is 141 Å². The summed E-state index contributed by atoms with van der Waals surface area (Å²) >= 11 is 0. The lowest BCUT2D eigenvalue weighted by molar-refractivity contribution is -0.206. The zero-order chi connectivity index (χ0) is 112. The molecule has 11 aliphatic rings. The van der Waals surface area contributed by atoms with E-state index in [1.165, 1.54) is 0 Å². The molecule has 0 aromatic carbocycles. The van der Waals surface area contributed by atoms with Crippen molar-refractivity contribution in [1.29, 1.82) is 10.5 Å². The van der Waals surface area contributed by atoms with Gasteiger partial charge in [0.25, 0.3) is 11.8 Å². The van der Waals surface area contributed by atoms with Gasteiger partial charge in [0.1, 0.15) is 30.2 Å². The average Bonchev–Trinajstić information content (AvgIpc) is 1.52. The summed E-state index contributed by atoms with van der Waals surface area (Å²) in [5.41, 5.74) is -7.20. The number of hydrogen-bond acceptors (Lipinski definition) is 28. The molecule has 0 aromatic heterocycles. The lowest BCUT2D eigenvalue weighted by Crippen LogP contribution is -2.60. The number of carbonyl (C=O) groups is 13. The highest BCUT2D eigenvalue weighted by molar-refractivity contribution is 7.90. The summed E-state index contributed by atoms with van der Waals surface area (Å²) in [7, 11) is -14.4. The van der Waals surface area contributed by atoms with Crippen LogP contribution in [0.4, 0.5) is 0 Å². The number of rotatable bonds is 38. The summed E-state index contributed by atoms with van der Waals surface area (Å²) in [6.45, 7) is 83.7. The van der Waals surface area contributed by atoms with Crippen molar-refractivity contribution in [3.63, 3.8) is 0 Å². The molecule has 11 fully saturated rings. The molecule has 3 saturated heterocycles. The van der Waals surface area contributed by atoms with Crippen LogP contribution in [0.25, 0.3) is 0 Å². The SMILES string of the molecule is CCC(C)(C)C(=O)NS(=O)(=O)CC12CCC(CC1=O)C2(C)C.CCC(C)(C)C(=O)O.CCC(C)(C)C(=O)OC1C2CC3C1OC(=O)C3(C#N)C2.CCC(C)(C)C(=O)OC1C2CC3C1OC(=O)C3(C#N)C2.CCC(C)(C)C(=O)OCCC[Si](O[Si](C)(C)C)(O[Si](C)(C)C)O[Si](C)(C)C.CCC(C)(C)C(=O)OCC[Si](C)(C)C.CCC(C)(C)C(=O)OCC[Si](C)(C)C.CCC(C)(C)C(=O)ON1C(=O)C2C3CCC(C3)C2C1=O. The predicted octanol–water partition coefficient (Wildman–Crippen LogP) is 21.8. The molecule has 8 aliphatic carbocycles. The van der Waals surface area contributed by atoms with Crippen molar-refractivity contribution in [3.05, 3.63) is 0 Å². The van der Waals surface area contributed by atoms with Crippen LogP contribution in [0.3, 0.4) is 0 Å². The largest absolute Gasteiger partial charge is 0.481 e. The monoisotopic (exact) mass is 2160 g/mol. The number of hydroxylamine groups is 2. The van der Waals surface area contributed by atoms with Crippen molar-refractivity contribution in [1.82, 2.24) is 9.79 Å². The number of hydrogen-bond donors (Lipinski definition) is 2. The minimum absolute atomic E-state index is 0.0429. The zero-order valence-electron chi connectivity index (χ0n) is 96.7. The van der Waals surface area contributed by atoms with Gasteiger partial charge in [-0.1, -0.05) is 122 Å². The first kappa shape index (κ1) is 131. The number of ether oxygens (including phenoxy) is 7. The maximum absolute atomic E-state index is 12.5. The van der Waals surface area contributed by atoms with Gasteiger partial charge in [0.05, 0.1) is 92.9 Å². The highest BCUT2D eigenvalue weighted by Crippen LogP contribution is 2.66. The van der Waals surface area contributed by atoms with E-state index in [0.29, 0.717) is 102 Å². The summed E-state index contributed by atoms with van der Waals surface area (Å²) < 4.78 is 85.1. The Labute approximate surface area is 876 Å². The van der Waals surface area contributed by atoms with E-state index >= 15 is 0 Å². The van der Waals surface area contributed by atoms with Crippen LogP contribution in [0.15, 0.2) is 0 Å². The molecule has 145 heavy (non-hydrogen) atoms. The molecule has 11 rings (SSSR count). The third kappa shape index (κ3) is 33.1. The molecule has 31 nitrogen and oxygen atoms in total. The number of amides is 3. The van der Waals surface area contributed by atoms with Crippen molar-refractivity contribution in [2.24, 2.45) is 118 Å². The fourth-order valence-electron chi connectivity index (χ4n) is 19.3. The molecule has 3 amide bonds. The maximum atomic E-state index is 12.5. The van der Waals surface area contributed by atoms with Crippen LogP contribution < -0.4 is 4.72 Å². The third-order valence-corrected chi connectivity index (χ3v) is 49.7. The fraction of sp³-hybridized carbons (Fsp3) is 0.860. The average molecular weight is 2170 g/mol. The van der Waals surface area contributed by atoms with Crippen LogP contribution >= 0.6 is 0 Å². The van der Waals surface area contributed by atoms with Gasteiger partial charge < -0.3 is 55.4 Å². The molecule has 38 heteroatoms. The molecule has 3 heterocycles. The van der Waals surface area contributed by atoms with E-state index < -0.39 is 151 Å². The number of nitrogens with zero attached hydrogens (tertiary/aromatic N) is 3. The standard InChI is InChI=1S/C18H44O5Si4.C16H27NO4S.2C15H19NO4.C15H21NO4.2C11H24O2Si.C6H12O2/c1-13-18(2,3)17(19)20-15-14-16-27(21-24(4,5)6,22-25(7,8)9)23-26(10,11)12;1-6-14(2,3)13(19)17-22(20,21)10-16-8-7-11(9-12(16)18)15(16,4)5;2*1-4-14(2,3)12(17)19-10-8-5-9-11(10)20-13(18)15(9,6-8)7-16;1-4-15(2,3)14(19)20-16-12(17)10-8-5-6-9(7-8)11(10)13(16)18;2*1-7-11(2,3)10(12)13-8-9-14(4,5)6;1-4-6(2,3)5(7)8/h13-16H2,1-12H3;11H,6-10H2,1-5H3,(H,17,19);2*8-11H,4-6H2,1-3H3;8-11H,4-7H2,1-3H3;2*7-9H2,1-6H3;4H2,1-3H3,(H,7,8). The van der Waals surface area contributed by atoms with E-state index in [1.807, 2.05) is 138 Å². The smallest absolute Gasteiger partial charge is 0.469 e. The molecule has 16 atom stereocenters. The van der Waals surface area contributed by atoms with E-state index in [-0.39, 0.29) is 123 Å². The van der Waals surface area contributed by atoms with Gasteiger partial charge in [-0.2, -0.15) is 10.5 Å². The van der Waals surface area contributed by atoms with E-state index in [1.54, 1.807) is 41.5 Å². The van der Waals surface area contributed by atoms with Crippen LogP contribution in [-0.2, 0) is 123 Å². The molecule has 0 radical (unpaired) electrons. The second-order valence-electron chi connectivity index (χ2n) is 53.5. The number of fused-ring (bicyclic) bond motifs is 9. The first-order valence-electron chi connectivity index (χ1n) is 53.4. The number of sulfonamides is 1. The number of carboxylic acid groups (broad SMARTS) is 1. The van der Waals surface area contributed by atoms with Crippen LogP contribution in [0.1, 0.15) is 302 Å². The Morgan fingerprint density at radius 2 is 0.772 bits per heavy atom. The van der Waals surface area contributed by atoms with Crippen LogP contribution in [-0.4, -0.2) is 196 Å². The summed E-state index contributed by atoms with van der Waals surface area (Å²) in [5, 5.41) is 27.8. The lowest BCUT2D eigenvalue weighted by atomic mass is 9.70. The number of esters is 7. The van der Waals surface area contributed by atoms with Crippen molar-refractivity contribution in [2.45, 2.75) is 443 Å². The molecule has 3 aliphatic heterocycles. The summed E-state index contributed by atoms with van der Waals surface area (Å²) in [4.78, 5) is 160. The Hall–Kier alpha value is -6.38. The van der Waals surface area contributed by atoms with E-state index in [4.69, 9.17) is 55.4 Å². The molecule has 8 saturated carbocycles. The first-order valence-corrected chi connectivity index (χ1v) is 74.6. The lowest BCUT2D eigenvalue weighted by Gasteiger charge is -2.42. The molecule has 830 valence electrons. The number of Topliss-reactive ketones (excluding diaryl/α,β-unsaturated/α-hetero) is 1. The van der Waals surface area contributed by atoms with Gasteiger partial charge in [0, 0.05) is 57.7 Å². The Morgan fingerprint density at radius 3 is 1.06 bits per heavy atom. The van der Waals surface area contributed by atoms with Crippen molar-refractivity contribution in [3.8, 4) is 12.1 Å². The number of carbonyl (C=O) groups excluding carboxylic acids is 12. The van der Waals surface area contributed by atoms with Crippen molar-refractivity contribution >= 4 is 137 Å². The summed E-state index contributed by atoms with van der Waals surface area (Å²) in [5.74, 6) is -3.79. The van der Waals surface area contributed by atoms with Gasteiger partial charge in [0.15, 0.2) is 35.8 Å². The fourth-order valence-corrected chi connectivity index (χ4v) is 37.3. The van der Waals surface area contributed by atoms with Gasteiger partial charge in [0.2, 0.25) is 15.9 Å². The Bertz CT molecular complexity index is 4580. The van der Waals surface area contributed by atoms with Crippen molar-refractivity contribution in [2.75, 3.05) is 25.6 Å². The minimum Gasteiger partial charge on any atom is -0.481 e. The number of nitrogens with one attached hydrogen (secondary N) is 1. The van der Waals surface area contributed by atoms with Gasteiger partial charge in [-0.25, -0.2) is 13.2 Å². The first-order chi connectivity index (χ1) is 65.6. The number of ketones is 1. The van der Waals surface area contributed by atoms with Gasteiger partial charge in [-0.3, -0.25) is 62.3 Å². The molecule has 0 spiro atoms. The quantitative estimate of drug-likeness (QED) is 0.0191. The van der Waals surface area contributed by atoms with Gasteiger partial charge in [-0.15, -0.1) is 5.06 Å². The predicted molar refractivity (Wildman–Crippen MR) is 572 cm³/mol. The minimum atomic E-state index is -3.83. The molecule has 2 N–H and O–H groups in total. The molecular formula is C107H190N4O27SSi6. The Morgan fingerprint density at radius 1 is 0.448 bits per heavy atom. The third-order valence-electron chi connectivity index (χ3n) is 32.9. The van der Waals surface area contributed by atoms with E-state index in [0.717, 1.165) is 74.9 Å². The summed E-state index contributed by atoms with van der Waals surface area (Å²) in [6, 6.07) is 7.11. The van der Waals surface area contributed by atoms with Crippen LogP contribution in [0.2, 0.25) is 116 Å². The molecule has 8 bridgehead atoms. The highest BCUT2D eigenvalue weighted by Gasteiger charge is 2.75. The topological polar surface area (TPSA) is 441 Å². The Kier molecular flexibility index (Phi) is 44.4. The van der Waals surface area contributed by atoms with Crippen LogP contribution in [0.5, 0.6) is 0 Å². The second kappa shape index (κ2) is 49.1. The molecule has 0 aromatic rings. The van der Waals surface area contributed by atoms with Gasteiger partial charge >= 0.3 is 62.5 Å². The highest BCUT2D eigenvalue weighted by atomic mass is 32.2. The number of imide groups is 1. The maximum Gasteiger partial charge on any atom is 0.469 e. The number of aliphatic carboxylic acids is 1. The van der Waals surface area contributed by atoms with E-state index in [9.17, 15) is 81.3 Å². The van der Waals surface area contributed by atoms with Gasteiger partial charge in [-0.05, 0) is 307 Å². The second-order valence-corrected chi connectivity index (χ2v) is 83.5. The number of carboxylic acids is 1.